The molecule has 0 aliphatic carbocycles. The highest BCUT2D eigenvalue weighted by molar-refractivity contribution is 5.19. The molecule has 1 saturated heterocycles. The average Bonchev–Trinajstić information content (AvgIpc) is 2.68. The highest BCUT2D eigenvalue weighted by Crippen LogP contribution is 2.31. The molecule has 1 N–H and O–H groups in total. The van der Waals surface area contributed by atoms with Crippen LogP contribution in [-0.4, -0.2) is 31.1 Å². The standard InChI is InChI=1S/C17H28N2/c1-14(2)17(15-8-5-4-6-9-15)19(3)16-10-7-12-18-13-11-16/h4-6,8-9,14,16-18H,7,10-13H2,1-3H3. The quantitative estimate of drug-likeness (QED) is 0.892. The predicted molar refractivity (Wildman–Crippen MR) is 82.3 cm³/mol. The van der Waals surface area contributed by atoms with Gasteiger partial charge >= 0.3 is 0 Å². The molecule has 0 aromatic heterocycles. The van der Waals surface area contributed by atoms with Gasteiger partial charge in [0.2, 0.25) is 0 Å². The van der Waals surface area contributed by atoms with Crippen LogP contribution in [0.1, 0.15) is 44.7 Å². The first-order valence-electron chi connectivity index (χ1n) is 7.67. The zero-order valence-corrected chi connectivity index (χ0v) is 12.6. The molecule has 0 saturated carbocycles. The molecule has 19 heavy (non-hydrogen) atoms. The Hall–Kier alpha value is -0.860. The highest BCUT2D eigenvalue weighted by Gasteiger charge is 2.26. The fourth-order valence-corrected chi connectivity index (χ4v) is 3.38. The third-order valence-electron chi connectivity index (χ3n) is 4.33. The normalized spacial score (nSPS) is 22.5. The van der Waals surface area contributed by atoms with Gasteiger partial charge in [-0.2, -0.15) is 0 Å². The van der Waals surface area contributed by atoms with Crippen molar-refractivity contribution in [3.63, 3.8) is 0 Å². The van der Waals surface area contributed by atoms with E-state index in [4.69, 9.17) is 0 Å². The number of rotatable bonds is 4. The molecule has 1 heterocycles. The second-order valence-electron chi connectivity index (χ2n) is 6.10. The van der Waals surface area contributed by atoms with Gasteiger partial charge in [0.25, 0.3) is 0 Å². The van der Waals surface area contributed by atoms with E-state index in [1.807, 2.05) is 0 Å². The Morgan fingerprint density at radius 1 is 1.11 bits per heavy atom. The minimum absolute atomic E-state index is 0.532. The minimum atomic E-state index is 0.532. The van der Waals surface area contributed by atoms with E-state index in [1.54, 1.807) is 0 Å². The third-order valence-corrected chi connectivity index (χ3v) is 4.33. The number of hydrogen-bond acceptors (Lipinski definition) is 2. The van der Waals surface area contributed by atoms with Crippen LogP contribution in [0.2, 0.25) is 0 Å². The fraction of sp³-hybridized carbons (Fsp3) is 0.647. The Morgan fingerprint density at radius 3 is 2.53 bits per heavy atom. The molecular formula is C17H28N2. The summed E-state index contributed by atoms with van der Waals surface area (Å²) in [6, 6.07) is 12.2. The van der Waals surface area contributed by atoms with Crippen LogP contribution in [0.15, 0.2) is 30.3 Å². The maximum atomic E-state index is 3.51. The van der Waals surface area contributed by atoms with Crippen molar-refractivity contribution >= 4 is 0 Å². The maximum Gasteiger partial charge on any atom is 0.0370 e. The lowest BCUT2D eigenvalue weighted by Gasteiger charge is -2.37. The van der Waals surface area contributed by atoms with Gasteiger partial charge in [-0.3, -0.25) is 4.90 Å². The fourth-order valence-electron chi connectivity index (χ4n) is 3.38. The lowest BCUT2D eigenvalue weighted by atomic mass is 9.92. The molecule has 106 valence electrons. The van der Waals surface area contributed by atoms with Crippen molar-refractivity contribution in [3.8, 4) is 0 Å². The Labute approximate surface area is 118 Å². The molecule has 2 rings (SSSR count). The molecule has 1 aliphatic heterocycles. The molecule has 0 bridgehead atoms. The summed E-state index contributed by atoms with van der Waals surface area (Å²) in [5, 5.41) is 3.51. The molecule has 1 fully saturated rings. The topological polar surface area (TPSA) is 15.3 Å². The Morgan fingerprint density at radius 2 is 1.84 bits per heavy atom. The first-order valence-corrected chi connectivity index (χ1v) is 7.67. The molecule has 0 amide bonds. The van der Waals surface area contributed by atoms with Crippen LogP contribution in [-0.2, 0) is 0 Å². The maximum absolute atomic E-state index is 3.51. The molecule has 1 aliphatic rings. The Balaban J connectivity index is 2.14. The summed E-state index contributed by atoms with van der Waals surface area (Å²) in [5.41, 5.74) is 1.46. The van der Waals surface area contributed by atoms with E-state index < -0.39 is 0 Å². The SMILES string of the molecule is CC(C)C(c1ccccc1)N(C)C1CCCNCC1. The molecule has 0 spiro atoms. The molecular weight excluding hydrogens is 232 g/mol. The first kappa shape index (κ1) is 14.5. The number of benzene rings is 1. The highest BCUT2D eigenvalue weighted by atomic mass is 15.2. The van der Waals surface area contributed by atoms with Crippen molar-refractivity contribution in [2.45, 2.75) is 45.2 Å². The van der Waals surface area contributed by atoms with Crippen molar-refractivity contribution in [1.82, 2.24) is 10.2 Å². The molecule has 1 aromatic carbocycles. The summed E-state index contributed by atoms with van der Waals surface area (Å²) in [6.45, 7) is 7.02. The van der Waals surface area contributed by atoms with Gasteiger partial charge in [-0.1, -0.05) is 44.2 Å². The second kappa shape index (κ2) is 7.06. The van der Waals surface area contributed by atoms with Gasteiger partial charge in [0.15, 0.2) is 0 Å². The van der Waals surface area contributed by atoms with Gasteiger partial charge in [-0.05, 0) is 50.9 Å². The number of nitrogens with zero attached hydrogens (tertiary/aromatic N) is 1. The van der Waals surface area contributed by atoms with E-state index in [0.717, 1.165) is 6.54 Å². The summed E-state index contributed by atoms with van der Waals surface area (Å²) >= 11 is 0. The van der Waals surface area contributed by atoms with Crippen molar-refractivity contribution in [1.29, 1.82) is 0 Å². The van der Waals surface area contributed by atoms with Crippen molar-refractivity contribution in [2.24, 2.45) is 5.92 Å². The van der Waals surface area contributed by atoms with Crippen molar-refractivity contribution in [2.75, 3.05) is 20.1 Å². The van der Waals surface area contributed by atoms with Crippen LogP contribution in [0.3, 0.4) is 0 Å². The lowest BCUT2D eigenvalue weighted by Crippen LogP contribution is -2.38. The average molecular weight is 260 g/mol. The second-order valence-corrected chi connectivity index (χ2v) is 6.10. The van der Waals surface area contributed by atoms with Gasteiger partial charge in [-0.15, -0.1) is 0 Å². The zero-order chi connectivity index (χ0) is 13.7. The van der Waals surface area contributed by atoms with Crippen LogP contribution < -0.4 is 5.32 Å². The monoisotopic (exact) mass is 260 g/mol. The van der Waals surface area contributed by atoms with E-state index in [-0.39, 0.29) is 0 Å². The van der Waals surface area contributed by atoms with Gasteiger partial charge in [0.1, 0.15) is 0 Å². The molecule has 2 heteroatoms. The van der Waals surface area contributed by atoms with Crippen LogP contribution >= 0.6 is 0 Å². The van der Waals surface area contributed by atoms with E-state index in [9.17, 15) is 0 Å². The third kappa shape index (κ3) is 3.80. The summed E-state index contributed by atoms with van der Waals surface area (Å²) in [7, 11) is 2.31. The van der Waals surface area contributed by atoms with Crippen molar-refractivity contribution in [3.05, 3.63) is 35.9 Å². The summed E-state index contributed by atoms with van der Waals surface area (Å²) in [5.74, 6) is 0.642. The largest absolute Gasteiger partial charge is 0.317 e. The summed E-state index contributed by atoms with van der Waals surface area (Å²) < 4.78 is 0. The number of hydrogen-bond donors (Lipinski definition) is 1. The smallest absolute Gasteiger partial charge is 0.0370 e. The molecule has 2 atom stereocenters. The minimum Gasteiger partial charge on any atom is -0.317 e. The van der Waals surface area contributed by atoms with E-state index in [1.165, 1.54) is 31.4 Å². The molecule has 1 aromatic rings. The molecule has 0 radical (unpaired) electrons. The van der Waals surface area contributed by atoms with Crippen LogP contribution in [0.25, 0.3) is 0 Å². The Kier molecular flexibility index (Phi) is 5.41. The van der Waals surface area contributed by atoms with Crippen LogP contribution in [0.5, 0.6) is 0 Å². The van der Waals surface area contributed by atoms with Crippen LogP contribution in [0.4, 0.5) is 0 Å². The first-order chi connectivity index (χ1) is 9.20. The van der Waals surface area contributed by atoms with E-state index >= 15 is 0 Å². The van der Waals surface area contributed by atoms with E-state index in [0.29, 0.717) is 18.0 Å². The van der Waals surface area contributed by atoms with Gasteiger partial charge in [-0.25, -0.2) is 0 Å². The van der Waals surface area contributed by atoms with Gasteiger partial charge < -0.3 is 5.32 Å². The lowest BCUT2D eigenvalue weighted by molar-refractivity contribution is 0.125. The van der Waals surface area contributed by atoms with E-state index in [2.05, 4.69) is 61.4 Å². The predicted octanol–water partition coefficient (Wildman–Crippen LogP) is 3.46. The van der Waals surface area contributed by atoms with Gasteiger partial charge in [0.05, 0.1) is 0 Å². The molecule has 2 unspecified atom stereocenters. The van der Waals surface area contributed by atoms with Crippen molar-refractivity contribution < 1.29 is 0 Å². The number of nitrogens with one attached hydrogen (secondary N) is 1. The molecule has 2 nitrogen and oxygen atoms in total. The van der Waals surface area contributed by atoms with Crippen LogP contribution in [0, 0.1) is 5.92 Å². The van der Waals surface area contributed by atoms with Gasteiger partial charge in [0, 0.05) is 12.1 Å². The Bertz CT molecular complexity index is 353. The summed E-state index contributed by atoms with van der Waals surface area (Å²) in [6.07, 6.45) is 3.89. The zero-order valence-electron chi connectivity index (χ0n) is 12.6. The summed E-state index contributed by atoms with van der Waals surface area (Å²) in [4.78, 5) is 2.62.